The fourth-order valence-corrected chi connectivity index (χ4v) is 0.948. The lowest BCUT2D eigenvalue weighted by Gasteiger charge is -2.19. The Morgan fingerprint density at radius 2 is 2.00 bits per heavy atom. The van der Waals surface area contributed by atoms with Crippen molar-refractivity contribution in [1.82, 2.24) is 5.32 Å². The van der Waals surface area contributed by atoms with E-state index in [2.05, 4.69) is 5.32 Å². The van der Waals surface area contributed by atoms with E-state index in [9.17, 15) is 13.2 Å². The van der Waals surface area contributed by atoms with Gasteiger partial charge in [0.05, 0.1) is 11.9 Å². The predicted molar refractivity (Wildman–Crippen MR) is 53.4 cm³/mol. The van der Waals surface area contributed by atoms with Gasteiger partial charge in [0.15, 0.2) is 0 Å². The third kappa shape index (κ3) is 9.21. The molecule has 0 aromatic carbocycles. The number of ether oxygens (including phenoxy) is 1. The van der Waals surface area contributed by atoms with Crippen LogP contribution in [-0.2, 0) is 19.8 Å². The van der Waals surface area contributed by atoms with E-state index >= 15 is 0 Å². The van der Waals surface area contributed by atoms with Crippen LogP contribution in [0.3, 0.4) is 0 Å². The van der Waals surface area contributed by atoms with Gasteiger partial charge in [-0.2, -0.15) is 8.42 Å². The molecular formula is C8H15NO4S. The molecule has 82 valence electrons. The fraction of sp³-hybridized carbons (Fsp3) is 0.750. The van der Waals surface area contributed by atoms with Crippen LogP contribution < -0.4 is 5.32 Å². The second-order valence-corrected chi connectivity index (χ2v) is 4.43. The summed E-state index contributed by atoms with van der Waals surface area (Å²) < 4.78 is 25.1. The van der Waals surface area contributed by atoms with E-state index in [1.807, 2.05) is 0 Å². The van der Waals surface area contributed by atoms with Crippen molar-refractivity contribution in [2.75, 3.05) is 6.54 Å². The molecular weight excluding hydrogens is 206 g/mol. The number of carbonyl (C=O) groups is 1. The number of carbonyl (C=O) groups excluding carboxylic acids is 1. The van der Waals surface area contributed by atoms with E-state index < -0.39 is 15.9 Å². The van der Waals surface area contributed by atoms with Crippen LogP contribution in [0.1, 0.15) is 27.2 Å². The summed E-state index contributed by atoms with van der Waals surface area (Å²) in [6.07, 6.45) is 0.144. The normalized spacial score (nSPS) is 10.8. The Bertz CT molecular complexity index is 305. The molecule has 14 heavy (non-hydrogen) atoms. The summed E-state index contributed by atoms with van der Waals surface area (Å²) in [5.41, 5.74) is 0.395. The second-order valence-electron chi connectivity index (χ2n) is 3.67. The maximum Gasteiger partial charge on any atom is 0.307 e. The van der Waals surface area contributed by atoms with Gasteiger partial charge in [0.1, 0.15) is 5.60 Å². The summed E-state index contributed by atoms with van der Waals surface area (Å²) in [5, 5.41) is 2.46. The second kappa shape index (κ2) is 5.77. The molecule has 0 radical (unpaired) electrons. The number of esters is 1. The van der Waals surface area contributed by atoms with Crippen molar-refractivity contribution in [3.8, 4) is 0 Å². The fourth-order valence-electron chi connectivity index (χ4n) is 0.694. The van der Waals surface area contributed by atoms with Crippen LogP contribution in [0.2, 0.25) is 0 Å². The molecule has 0 unspecified atom stereocenters. The van der Waals surface area contributed by atoms with E-state index in [-0.39, 0.29) is 18.9 Å². The average Bonchev–Trinajstić information content (AvgIpc) is 1.94. The van der Waals surface area contributed by atoms with Crippen LogP contribution in [0.15, 0.2) is 0 Å². The average molecular weight is 221 g/mol. The third-order valence-electron chi connectivity index (χ3n) is 1.07. The summed E-state index contributed by atoms with van der Waals surface area (Å²) in [7, 11) is -2.24. The van der Waals surface area contributed by atoms with Gasteiger partial charge < -0.3 is 4.74 Å². The van der Waals surface area contributed by atoms with Gasteiger partial charge in [-0.15, -0.1) is 0 Å². The van der Waals surface area contributed by atoms with E-state index in [4.69, 9.17) is 4.74 Å². The minimum Gasteiger partial charge on any atom is -0.460 e. The molecule has 5 nitrogen and oxygen atoms in total. The molecule has 0 spiro atoms. The summed E-state index contributed by atoms with van der Waals surface area (Å²) >= 11 is 0. The smallest absolute Gasteiger partial charge is 0.307 e. The van der Waals surface area contributed by atoms with Crippen LogP contribution in [0, 0.1) is 0 Å². The highest BCUT2D eigenvalue weighted by Crippen LogP contribution is 2.07. The third-order valence-corrected chi connectivity index (χ3v) is 1.43. The van der Waals surface area contributed by atoms with Gasteiger partial charge >= 0.3 is 5.97 Å². The molecule has 0 rings (SSSR count). The molecule has 0 aliphatic carbocycles. The first-order valence-corrected chi connectivity index (χ1v) is 5.32. The SMILES string of the molecule is CC(C)(C)OC(=O)CCNC=S(=O)=O. The van der Waals surface area contributed by atoms with Gasteiger partial charge in [-0.05, 0) is 20.8 Å². The molecule has 0 saturated heterocycles. The Kier molecular flexibility index (Phi) is 5.40. The minimum absolute atomic E-state index is 0.144. The molecule has 0 aliphatic heterocycles. The maximum absolute atomic E-state index is 11.1. The lowest BCUT2D eigenvalue weighted by molar-refractivity contribution is -0.154. The summed E-state index contributed by atoms with van der Waals surface area (Å²) in [5.74, 6) is -0.352. The van der Waals surface area contributed by atoms with Crippen LogP contribution in [0.4, 0.5) is 0 Å². The first-order valence-electron chi connectivity index (χ1n) is 4.18. The summed E-state index contributed by atoms with van der Waals surface area (Å²) in [6, 6.07) is 0. The van der Waals surface area contributed by atoms with Crippen LogP contribution in [0.5, 0.6) is 0 Å². The molecule has 0 heterocycles. The van der Waals surface area contributed by atoms with Gasteiger partial charge in [0.2, 0.25) is 10.3 Å². The predicted octanol–water partition coefficient (Wildman–Crippen LogP) is -0.0534. The highest BCUT2D eigenvalue weighted by atomic mass is 32.2. The van der Waals surface area contributed by atoms with Crippen LogP contribution in [-0.4, -0.2) is 32.0 Å². The van der Waals surface area contributed by atoms with Gasteiger partial charge in [-0.3, -0.25) is 10.1 Å². The number of rotatable bonds is 4. The number of nitrogens with one attached hydrogen (secondary N) is 1. The topological polar surface area (TPSA) is 72.5 Å². The lowest BCUT2D eigenvalue weighted by Crippen LogP contribution is -2.26. The summed E-state index contributed by atoms with van der Waals surface area (Å²) in [4.78, 5) is 11.1. The van der Waals surface area contributed by atoms with Gasteiger partial charge in [-0.25, -0.2) is 0 Å². The van der Waals surface area contributed by atoms with Crippen molar-refractivity contribution in [1.29, 1.82) is 0 Å². The zero-order valence-corrected chi connectivity index (χ0v) is 9.35. The Hall–Kier alpha value is -0.880. The molecule has 0 aromatic heterocycles. The summed E-state index contributed by atoms with van der Waals surface area (Å²) in [6.45, 7) is 5.58. The first-order chi connectivity index (χ1) is 6.31. The molecule has 1 N–H and O–H groups in total. The van der Waals surface area contributed by atoms with Gasteiger partial charge in [-0.1, -0.05) is 0 Å². The quantitative estimate of drug-likeness (QED) is 0.409. The molecule has 0 aliphatic rings. The zero-order valence-electron chi connectivity index (χ0n) is 8.53. The largest absolute Gasteiger partial charge is 0.460 e. The van der Waals surface area contributed by atoms with Crippen LogP contribution in [0.25, 0.3) is 0 Å². The van der Waals surface area contributed by atoms with E-state index in [1.54, 1.807) is 20.8 Å². The molecule has 0 fully saturated rings. The van der Waals surface area contributed by atoms with E-state index in [0.717, 1.165) is 5.49 Å². The highest BCUT2D eigenvalue weighted by molar-refractivity contribution is 7.71. The minimum atomic E-state index is -2.24. The van der Waals surface area contributed by atoms with E-state index in [0.29, 0.717) is 0 Å². The zero-order chi connectivity index (χ0) is 11.2. The molecule has 0 amide bonds. The molecule has 0 bridgehead atoms. The highest BCUT2D eigenvalue weighted by Gasteiger charge is 2.15. The monoisotopic (exact) mass is 221 g/mol. The lowest BCUT2D eigenvalue weighted by atomic mass is 10.2. The van der Waals surface area contributed by atoms with Gasteiger partial charge in [0.25, 0.3) is 0 Å². The van der Waals surface area contributed by atoms with Crippen molar-refractivity contribution < 1.29 is 17.9 Å². The molecule has 0 atom stereocenters. The van der Waals surface area contributed by atoms with Crippen molar-refractivity contribution in [3.05, 3.63) is 0 Å². The molecule has 6 heteroatoms. The molecule has 0 saturated carbocycles. The van der Waals surface area contributed by atoms with Crippen LogP contribution >= 0.6 is 0 Å². The maximum atomic E-state index is 11.1. The van der Waals surface area contributed by atoms with Crippen molar-refractivity contribution >= 4 is 21.8 Å². The standard InChI is InChI=1S/C8H15NO4S/c1-8(2,3)13-7(10)4-5-9-6-14(11)12/h6,9H,4-5H2,1-3H3. The Labute approximate surface area is 85.0 Å². The van der Waals surface area contributed by atoms with Crippen molar-refractivity contribution in [2.24, 2.45) is 0 Å². The molecule has 0 aromatic rings. The van der Waals surface area contributed by atoms with Gasteiger partial charge in [0, 0.05) is 6.54 Å². The first kappa shape index (κ1) is 13.1. The van der Waals surface area contributed by atoms with E-state index in [1.165, 1.54) is 0 Å². The number of hydrogen-bond acceptors (Lipinski definition) is 4. The Morgan fingerprint density at radius 1 is 1.43 bits per heavy atom. The van der Waals surface area contributed by atoms with Crippen molar-refractivity contribution in [3.63, 3.8) is 0 Å². The number of hydrogen-bond donors (Lipinski definition) is 1. The Balaban J connectivity index is 3.71. The van der Waals surface area contributed by atoms with Crippen molar-refractivity contribution in [2.45, 2.75) is 32.8 Å². The Morgan fingerprint density at radius 3 is 2.43 bits per heavy atom.